The van der Waals surface area contributed by atoms with Crippen LogP contribution in [-0.2, 0) is 4.74 Å². The summed E-state index contributed by atoms with van der Waals surface area (Å²) in [5, 5.41) is 7.22. The Kier molecular flexibility index (Phi) is 9.23. The summed E-state index contributed by atoms with van der Waals surface area (Å²) >= 11 is 0. The van der Waals surface area contributed by atoms with Gasteiger partial charge in [0.2, 0.25) is 0 Å². The Morgan fingerprint density at radius 3 is 2.47 bits per heavy atom. The maximum atomic E-state index is 6.01. The molecule has 0 amide bonds. The number of piperidine rings is 2. The summed E-state index contributed by atoms with van der Waals surface area (Å²) in [6.45, 7) is 15.3. The highest BCUT2D eigenvalue weighted by Gasteiger charge is 2.39. The summed E-state index contributed by atoms with van der Waals surface area (Å²) in [7, 11) is 4.13. The number of hydrogen-bond acceptors (Lipinski definition) is 5. The fourth-order valence-electron chi connectivity index (χ4n) is 5.27. The number of morpholine rings is 1. The van der Waals surface area contributed by atoms with Crippen LogP contribution in [0.4, 0.5) is 0 Å². The van der Waals surface area contributed by atoms with Crippen molar-refractivity contribution in [3.8, 4) is 0 Å². The van der Waals surface area contributed by atoms with Crippen molar-refractivity contribution >= 4 is 5.96 Å². The monoisotopic (exact) mass is 422 g/mol. The number of hydrogen-bond donors (Lipinski definition) is 2. The lowest BCUT2D eigenvalue weighted by Crippen LogP contribution is -2.62. The van der Waals surface area contributed by atoms with Gasteiger partial charge in [-0.15, -0.1) is 0 Å². The number of guanidine groups is 1. The van der Waals surface area contributed by atoms with Gasteiger partial charge in [0.15, 0.2) is 5.96 Å². The fraction of sp³-hybridized carbons (Fsp3) is 0.957. The lowest BCUT2D eigenvalue weighted by molar-refractivity contribution is -0.0285. The molecule has 0 aliphatic carbocycles. The van der Waals surface area contributed by atoms with Gasteiger partial charge in [-0.1, -0.05) is 20.3 Å². The highest BCUT2D eigenvalue weighted by atomic mass is 16.5. The Hall–Kier alpha value is -0.890. The number of aliphatic imine (C=N–C) groups is 1. The van der Waals surface area contributed by atoms with Crippen molar-refractivity contribution in [1.29, 1.82) is 0 Å². The first kappa shape index (κ1) is 23.8. The third kappa shape index (κ3) is 6.81. The standard InChI is InChI=1S/C23H46N6O/c1-20(2)17-28-14-15-30-21(18-28)16-25-22(24-3)26-19-23(8-12-27(4)13-9-23)29-10-6-5-7-11-29/h20-21H,5-19H2,1-4H3,(H2,24,25,26). The molecule has 1 atom stereocenters. The molecule has 0 aromatic carbocycles. The van der Waals surface area contributed by atoms with Gasteiger partial charge in [-0.2, -0.15) is 0 Å². The van der Waals surface area contributed by atoms with Crippen molar-refractivity contribution in [3.63, 3.8) is 0 Å². The normalized spacial score (nSPS) is 27.4. The van der Waals surface area contributed by atoms with E-state index in [1.165, 1.54) is 58.3 Å². The maximum Gasteiger partial charge on any atom is 0.191 e. The Morgan fingerprint density at radius 2 is 1.80 bits per heavy atom. The van der Waals surface area contributed by atoms with Gasteiger partial charge in [0.1, 0.15) is 0 Å². The molecule has 0 bridgehead atoms. The molecule has 0 saturated carbocycles. The molecule has 0 spiro atoms. The number of likely N-dealkylation sites (tertiary alicyclic amines) is 2. The zero-order valence-corrected chi connectivity index (χ0v) is 20.0. The lowest BCUT2D eigenvalue weighted by Gasteiger charge is -2.50. The number of nitrogens with zero attached hydrogens (tertiary/aromatic N) is 4. The third-order valence-corrected chi connectivity index (χ3v) is 7.10. The molecule has 7 heteroatoms. The van der Waals surface area contributed by atoms with Crippen LogP contribution in [0.2, 0.25) is 0 Å². The molecule has 3 saturated heterocycles. The third-order valence-electron chi connectivity index (χ3n) is 7.10. The number of ether oxygens (including phenoxy) is 1. The quantitative estimate of drug-likeness (QED) is 0.479. The van der Waals surface area contributed by atoms with Crippen LogP contribution >= 0.6 is 0 Å². The van der Waals surface area contributed by atoms with Gasteiger partial charge in [0.05, 0.1) is 12.7 Å². The van der Waals surface area contributed by atoms with Crippen molar-refractivity contribution in [2.75, 3.05) is 79.6 Å². The van der Waals surface area contributed by atoms with Crippen LogP contribution in [-0.4, -0.2) is 112 Å². The minimum Gasteiger partial charge on any atom is -0.374 e. The molecule has 174 valence electrons. The van der Waals surface area contributed by atoms with Crippen molar-refractivity contribution in [3.05, 3.63) is 0 Å². The second-order valence-corrected chi connectivity index (χ2v) is 10.0. The summed E-state index contributed by atoms with van der Waals surface area (Å²) in [6, 6.07) is 0. The average Bonchev–Trinajstić information content (AvgIpc) is 2.76. The molecule has 0 aromatic heterocycles. The van der Waals surface area contributed by atoms with Crippen LogP contribution in [0.15, 0.2) is 4.99 Å². The molecule has 0 radical (unpaired) electrons. The molecule has 3 rings (SSSR count). The van der Waals surface area contributed by atoms with Crippen LogP contribution in [0.25, 0.3) is 0 Å². The van der Waals surface area contributed by atoms with Crippen LogP contribution in [0, 0.1) is 5.92 Å². The van der Waals surface area contributed by atoms with E-state index in [0.717, 1.165) is 45.3 Å². The second kappa shape index (κ2) is 11.7. The number of nitrogens with one attached hydrogen (secondary N) is 2. The minimum atomic E-state index is 0.232. The van der Waals surface area contributed by atoms with Gasteiger partial charge < -0.3 is 20.3 Å². The Balaban J connectivity index is 1.50. The predicted octanol–water partition coefficient (Wildman–Crippen LogP) is 1.46. The SMILES string of the molecule is CN=C(NCC1CN(CC(C)C)CCO1)NCC1(N2CCCCC2)CCN(C)CC1. The first-order valence-corrected chi connectivity index (χ1v) is 12.2. The highest BCUT2D eigenvalue weighted by molar-refractivity contribution is 5.79. The van der Waals surface area contributed by atoms with Gasteiger partial charge >= 0.3 is 0 Å². The van der Waals surface area contributed by atoms with E-state index in [9.17, 15) is 0 Å². The Labute approximate surface area is 184 Å². The molecule has 3 aliphatic rings. The van der Waals surface area contributed by atoms with Crippen LogP contribution in [0.1, 0.15) is 46.0 Å². The van der Waals surface area contributed by atoms with E-state index in [0.29, 0.717) is 5.92 Å². The molecule has 1 unspecified atom stereocenters. The summed E-state index contributed by atoms with van der Waals surface area (Å²) in [4.78, 5) is 12.3. The Morgan fingerprint density at radius 1 is 1.07 bits per heavy atom. The maximum absolute atomic E-state index is 6.01. The molecule has 0 aromatic rings. The molecular formula is C23H46N6O. The van der Waals surface area contributed by atoms with Crippen LogP contribution in [0.5, 0.6) is 0 Å². The molecule has 2 N–H and O–H groups in total. The molecule has 30 heavy (non-hydrogen) atoms. The van der Waals surface area contributed by atoms with E-state index >= 15 is 0 Å². The molecule has 7 nitrogen and oxygen atoms in total. The first-order valence-electron chi connectivity index (χ1n) is 12.2. The fourth-order valence-corrected chi connectivity index (χ4v) is 5.27. The number of rotatable bonds is 7. The largest absolute Gasteiger partial charge is 0.374 e. The zero-order valence-electron chi connectivity index (χ0n) is 20.0. The smallest absolute Gasteiger partial charge is 0.191 e. The van der Waals surface area contributed by atoms with E-state index in [-0.39, 0.29) is 11.6 Å². The predicted molar refractivity (Wildman–Crippen MR) is 125 cm³/mol. The topological polar surface area (TPSA) is 55.4 Å². The molecular weight excluding hydrogens is 376 g/mol. The highest BCUT2D eigenvalue weighted by Crippen LogP contribution is 2.30. The minimum absolute atomic E-state index is 0.232. The molecule has 3 heterocycles. The summed E-state index contributed by atoms with van der Waals surface area (Å²) in [5.41, 5.74) is 0.264. The summed E-state index contributed by atoms with van der Waals surface area (Å²) in [5.74, 6) is 1.61. The van der Waals surface area contributed by atoms with E-state index in [1.807, 2.05) is 7.05 Å². The van der Waals surface area contributed by atoms with E-state index in [1.54, 1.807) is 0 Å². The van der Waals surface area contributed by atoms with Crippen LogP contribution < -0.4 is 10.6 Å². The zero-order chi connectivity index (χ0) is 21.4. The average molecular weight is 423 g/mol. The molecule has 3 fully saturated rings. The van der Waals surface area contributed by atoms with E-state index in [2.05, 4.69) is 51.2 Å². The first-order chi connectivity index (χ1) is 14.5. The lowest BCUT2D eigenvalue weighted by atomic mass is 9.84. The van der Waals surface area contributed by atoms with E-state index in [4.69, 9.17) is 4.74 Å². The van der Waals surface area contributed by atoms with Gasteiger partial charge in [-0.05, 0) is 64.8 Å². The van der Waals surface area contributed by atoms with Gasteiger partial charge in [-0.3, -0.25) is 14.8 Å². The van der Waals surface area contributed by atoms with Crippen molar-refractivity contribution < 1.29 is 4.74 Å². The molecule has 3 aliphatic heterocycles. The second-order valence-electron chi connectivity index (χ2n) is 10.0. The van der Waals surface area contributed by atoms with Gasteiger partial charge in [0.25, 0.3) is 0 Å². The van der Waals surface area contributed by atoms with E-state index < -0.39 is 0 Å². The van der Waals surface area contributed by atoms with Gasteiger partial charge in [-0.25, -0.2) is 0 Å². The van der Waals surface area contributed by atoms with Crippen LogP contribution in [0.3, 0.4) is 0 Å². The Bertz CT molecular complexity index is 526. The van der Waals surface area contributed by atoms with Crippen molar-refractivity contribution in [2.45, 2.75) is 57.6 Å². The summed E-state index contributed by atoms with van der Waals surface area (Å²) in [6.07, 6.45) is 6.79. The van der Waals surface area contributed by atoms with Crippen molar-refractivity contribution in [2.24, 2.45) is 10.9 Å². The van der Waals surface area contributed by atoms with Gasteiger partial charge in [0, 0.05) is 45.3 Å². The summed E-state index contributed by atoms with van der Waals surface area (Å²) < 4.78 is 6.01. The van der Waals surface area contributed by atoms with Crippen molar-refractivity contribution in [1.82, 2.24) is 25.3 Å².